The zero-order valence-electron chi connectivity index (χ0n) is 15.1. The molecule has 3 heterocycles. The molecule has 1 amide bonds. The number of halogens is 1. The summed E-state index contributed by atoms with van der Waals surface area (Å²) in [6.45, 7) is 0.897. The number of anilines is 1. The predicted octanol–water partition coefficient (Wildman–Crippen LogP) is 2.94. The molecule has 11 heteroatoms. The highest BCUT2D eigenvalue weighted by molar-refractivity contribution is 7.99. The topological polar surface area (TPSA) is 104 Å². The zero-order chi connectivity index (χ0) is 20.1. The Labute approximate surface area is 175 Å². The molecule has 148 valence electrons. The van der Waals surface area contributed by atoms with Gasteiger partial charge in [0.05, 0.1) is 24.8 Å². The molecule has 3 aromatic heterocycles. The molecule has 0 radical (unpaired) electrons. The predicted molar refractivity (Wildman–Crippen MR) is 108 cm³/mol. The Kier molecular flexibility index (Phi) is 5.92. The van der Waals surface area contributed by atoms with Gasteiger partial charge >= 0.3 is 0 Å². The fraction of sp³-hybridized carbons (Fsp3) is 0.167. The van der Waals surface area contributed by atoms with Crippen molar-refractivity contribution in [3.8, 4) is 0 Å². The second-order valence-electron chi connectivity index (χ2n) is 6.04. The van der Waals surface area contributed by atoms with E-state index < -0.39 is 0 Å². The van der Waals surface area contributed by atoms with Crippen LogP contribution in [0.4, 0.5) is 5.82 Å². The van der Waals surface area contributed by atoms with E-state index >= 15 is 0 Å². The summed E-state index contributed by atoms with van der Waals surface area (Å²) in [6, 6.07) is 12.9. The summed E-state index contributed by atoms with van der Waals surface area (Å²) in [4.78, 5) is 12.4. The standard InChI is InChI=1S/C18H16ClN7O2S/c19-14-4-1-3-13(9-14)10-25-16(6-7-20-25)21-17(27)12-29-18-22-23-24-26(18)11-15-5-2-8-28-15/h1-9H,10-12H2,(H,21,27). The number of amides is 1. The maximum absolute atomic E-state index is 12.4. The number of rotatable bonds is 8. The number of furan rings is 1. The summed E-state index contributed by atoms with van der Waals surface area (Å²) in [6.07, 6.45) is 3.23. The van der Waals surface area contributed by atoms with E-state index in [0.717, 1.165) is 11.3 Å². The number of tetrazole rings is 1. The normalized spacial score (nSPS) is 10.9. The third kappa shape index (κ3) is 5.04. The van der Waals surface area contributed by atoms with E-state index in [-0.39, 0.29) is 11.7 Å². The molecule has 0 atom stereocenters. The zero-order valence-corrected chi connectivity index (χ0v) is 16.7. The van der Waals surface area contributed by atoms with Crippen LogP contribution < -0.4 is 5.32 Å². The largest absolute Gasteiger partial charge is 0.467 e. The molecule has 0 aliphatic heterocycles. The number of nitrogens with zero attached hydrogens (tertiary/aromatic N) is 6. The molecule has 4 aromatic rings. The van der Waals surface area contributed by atoms with Gasteiger partial charge in [0.2, 0.25) is 11.1 Å². The molecular formula is C18H16ClN7O2S. The van der Waals surface area contributed by atoms with Crippen molar-refractivity contribution in [2.45, 2.75) is 18.2 Å². The lowest BCUT2D eigenvalue weighted by Crippen LogP contribution is -2.18. The van der Waals surface area contributed by atoms with Gasteiger partial charge in [-0.25, -0.2) is 9.36 Å². The van der Waals surface area contributed by atoms with Crippen LogP contribution in [-0.2, 0) is 17.9 Å². The van der Waals surface area contributed by atoms with Gasteiger partial charge in [-0.3, -0.25) is 4.79 Å². The Morgan fingerprint density at radius 3 is 2.93 bits per heavy atom. The molecule has 0 fully saturated rings. The van der Waals surface area contributed by atoms with Crippen molar-refractivity contribution in [2.24, 2.45) is 0 Å². The van der Waals surface area contributed by atoms with E-state index in [4.69, 9.17) is 16.0 Å². The molecular weight excluding hydrogens is 414 g/mol. The van der Waals surface area contributed by atoms with Gasteiger partial charge in [-0.05, 0) is 40.3 Å². The molecule has 0 saturated heterocycles. The van der Waals surface area contributed by atoms with Gasteiger partial charge in [0.1, 0.15) is 18.1 Å². The minimum Gasteiger partial charge on any atom is -0.467 e. The van der Waals surface area contributed by atoms with Gasteiger partial charge in [-0.1, -0.05) is 35.5 Å². The van der Waals surface area contributed by atoms with Crippen LogP contribution in [0.15, 0.2) is 64.5 Å². The summed E-state index contributed by atoms with van der Waals surface area (Å²) in [7, 11) is 0. The summed E-state index contributed by atoms with van der Waals surface area (Å²) in [5.74, 6) is 1.30. The van der Waals surface area contributed by atoms with Gasteiger partial charge in [0.25, 0.3) is 0 Å². The maximum atomic E-state index is 12.4. The molecule has 0 unspecified atom stereocenters. The number of carbonyl (C=O) groups is 1. The third-order valence-electron chi connectivity index (χ3n) is 3.92. The Morgan fingerprint density at radius 2 is 2.10 bits per heavy atom. The smallest absolute Gasteiger partial charge is 0.235 e. The fourth-order valence-corrected chi connectivity index (χ4v) is 3.52. The average Bonchev–Trinajstić information content (AvgIpc) is 3.45. The highest BCUT2D eigenvalue weighted by atomic mass is 35.5. The van der Waals surface area contributed by atoms with Crippen molar-refractivity contribution in [3.63, 3.8) is 0 Å². The van der Waals surface area contributed by atoms with Crippen LogP contribution in [-0.4, -0.2) is 41.6 Å². The number of nitrogens with one attached hydrogen (secondary N) is 1. The quantitative estimate of drug-likeness (QED) is 0.429. The fourth-order valence-electron chi connectivity index (χ4n) is 2.63. The first-order valence-corrected chi connectivity index (χ1v) is 10.0. The van der Waals surface area contributed by atoms with E-state index in [1.807, 2.05) is 30.3 Å². The highest BCUT2D eigenvalue weighted by Gasteiger charge is 2.13. The number of hydrogen-bond donors (Lipinski definition) is 1. The van der Waals surface area contributed by atoms with Crippen molar-refractivity contribution in [1.29, 1.82) is 0 Å². The van der Waals surface area contributed by atoms with Crippen LogP contribution in [0.2, 0.25) is 5.02 Å². The number of thioether (sulfide) groups is 1. The second kappa shape index (κ2) is 8.93. The van der Waals surface area contributed by atoms with Crippen LogP contribution in [0.3, 0.4) is 0 Å². The first-order chi connectivity index (χ1) is 14.2. The summed E-state index contributed by atoms with van der Waals surface area (Å²) < 4.78 is 8.59. The Morgan fingerprint density at radius 1 is 1.17 bits per heavy atom. The number of hydrogen-bond acceptors (Lipinski definition) is 7. The molecule has 29 heavy (non-hydrogen) atoms. The molecule has 9 nitrogen and oxygen atoms in total. The van der Waals surface area contributed by atoms with Crippen molar-refractivity contribution < 1.29 is 9.21 Å². The molecule has 0 aliphatic carbocycles. The summed E-state index contributed by atoms with van der Waals surface area (Å²) in [5.41, 5.74) is 0.989. The Balaban J connectivity index is 1.34. The number of benzene rings is 1. The molecule has 4 rings (SSSR count). The van der Waals surface area contributed by atoms with Gasteiger partial charge in [0, 0.05) is 11.1 Å². The van der Waals surface area contributed by atoms with E-state index in [1.54, 1.807) is 34.0 Å². The van der Waals surface area contributed by atoms with Crippen LogP contribution in [0.25, 0.3) is 0 Å². The Hall–Kier alpha value is -3.11. The van der Waals surface area contributed by atoms with E-state index in [0.29, 0.717) is 29.1 Å². The molecule has 1 aromatic carbocycles. The maximum Gasteiger partial charge on any atom is 0.235 e. The summed E-state index contributed by atoms with van der Waals surface area (Å²) in [5, 5.41) is 19.9. The van der Waals surface area contributed by atoms with Crippen molar-refractivity contribution >= 4 is 35.1 Å². The molecule has 0 bridgehead atoms. The van der Waals surface area contributed by atoms with E-state index in [2.05, 4.69) is 25.9 Å². The monoisotopic (exact) mass is 429 g/mol. The molecule has 0 saturated carbocycles. The first kappa shape index (κ1) is 19.2. The van der Waals surface area contributed by atoms with Crippen LogP contribution in [0.5, 0.6) is 0 Å². The van der Waals surface area contributed by atoms with Crippen molar-refractivity contribution in [2.75, 3.05) is 11.1 Å². The third-order valence-corrected chi connectivity index (χ3v) is 5.11. The van der Waals surface area contributed by atoms with Gasteiger partial charge in [0.15, 0.2) is 0 Å². The molecule has 0 aliphatic rings. The van der Waals surface area contributed by atoms with Crippen molar-refractivity contribution in [1.82, 2.24) is 30.0 Å². The lowest BCUT2D eigenvalue weighted by molar-refractivity contribution is -0.113. The second-order valence-corrected chi connectivity index (χ2v) is 7.42. The van der Waals surface area contributed by atoms with Gasteiger partial charge < -0.3 is 9.73 Å². The number of carbonyl (C=O) groups excluding carboxylic acids is 1. The van der Waals surface area contributed by atoms with Gasteiger partial charge in [-0.15, -0.1) is 5.10 Å². The van der Waals surface area contributed by atoms with E-state index in [9.17, 15) is 4.79 Å². The van der Waals surface area contributed by atoms with Gasteiger partial charge in [-0.2, -0.15) is 5.10 Å². The lowest BCUT2D eigenvalue weighted by atomic mass is 10.2. The number of aromatic nitrogens is 6. The SMILES string of the molecule is O=C(CSc1nnnn1Cc1ccco1)Nc1ccnn1Cc1cccc(Cl)c1. The lowest BCUT2D eigenvalue weighted by Gasteiger charge is -2.09. The van der Waals surface area contributed by atoms with E-state index in [1.165, 1.54) is 11.8 Å². The molecule has 0 spiro atoms. The summed E-state index contributed by atoms with van der Waals surface area (Å²) >= 11 is 7.27. The highest BCUT2D eigenvalue weighted by Crippen LogP contribution is 2.17. The minimum absolute atomic E-state index is 0.154. The first-order valence-electron chi connectivity index (χ1n) is 8.65. The van der Waals surface area contributed by atoms with Crippen LogP contribution in [0, 0.1) is 0 Å². The Bertz CT molecular complexity index is 1090. The molecule has 1 N–H and O–H groups in total. The van der Waals surface area contributed by atoms with Crippen LogP contribution >= 0.6 is 23.4 Å². The minimum atomic E-state index is -0.185. The van der Waals surface area contributed by atoms with Crippen molar-refractivity contribution in [3.05, 3.63) is 71.3 Å². The van der Waals surface area contributed by atoms with Crippen LogP contribution in [0.1, 0.15) is 11.3 Å². The average molecular weight is 430 g/mol.